The molecule has 1 atom stereocenters. The highest BCUT2D eigenvalue weighted by atomic mass is 16.2. The maximum Gasteiger partial charge on any atom is 0.245 e. The first-order chi connectivity index (χ1) is 11.2. The molecule has 2 amide bonds. The molecule has 2 saturated heterocycles. The minimum Gasteiger partial charge on any atom is -0.344 e. The van der Waals surface area contributed by atoms with Crippen molar-refractivity contribution in [2.45, 2.75) is 37.8 Å². The maximum absolute atomic E-state index is 12.4. The van der Waals surface area contributed by atoms with E-state index in [-0.39, 0.29) is 17.9 Å². The average molecular weight is 313 g/mol. The SMILES string of the molecule is O=C1CC[C@H](C(=O)N2CCN(C3Cc4ccccc4C3)CC2)N1. The van der Waals surface area contributed by atoms with Gasteiger partial charge in [-0.25, -0.2) is 0 Å². The third kappa shape index (κ3) is 2.85. The van der Waals surface area contributed by atoms with Crippen molar-refractivity contribution in [2.75, 3.05) is 26.2 Å². The van der Waals surface area contributed by atoms with E-state index < -0.39 is 0 Å². The number of piperazine rings is 1. The second kappa shape index (κ2) is 5.96. The first kappa shape index (κ1) is 14.7. The molecule has 1 N–H and O–H groups in total. The Morgan fingerprint density at radius 2 is 1.70 bits per heavy atom. The Morgan fingerprint density at radius 3 is 2.26 bits per heavy atom. The smallest absolute Gasteiger partial charge is 0.245 e. The molecule has 2 heterocycles. The number of nitrogens with one attached hydrogen (secondary N) is 1. The molecule has 0 saturated carbocycles. The van der Waals surface area contributed by atoms with Gasteiger partial charge in [-0.3, -0.25) is 14.5 Å². The Labute approximate surface area is 136 Å². The molecule has 5 heteroatoms. The first-order valence-electron chi connectivity index (χ1n) is 8.60. The molecule has 4 rings (SSSR count). The van der Waals surface area contributed by atoms with Crippen LogP contribution in [-0.2, 0) is 22.4 Å². The summed E-state index contributed by atoms with van der Waals surface area (Å²) in [6.07, 6.45) is 3.39. The lowest BCUT2D eigenvalue weighted by Crippen LogP contribution is -2.55. The molecule has 0 aromatic heterocycles. The zero-order chi connectivity index (χ0) is 15.8. The molecule has 0 spiro atoms. The van der Waals surface area contributed by atoms with Crippen LogP contribution in [-0.4, -0.2) is 59.9 Å². The lowest BCUT2D eigenvalue weighted by molar-refractivity contribution is -0.136. The van der Waals surface area contributed by atoms with Crippen LogP contribution in [0.1, 0.15) is 24.0 Å². The number of carbonyl (C=O) groups is 2. The van der Waals surface area contributed by atoms with Gasteiger partial charge in [-0.2, -0.15) is 0 Å². The third-order valence-electron chi connectivity index (χ3n) is 5.47. The van der Waals surface area contributed by atoms with Crippen LogP contribution >= 0.6 is 0 Å². The van der Waals surface area contributed by atoms with E-state index in [9.17, 15) is 9.59 Å². The molecule has 5 nitrogen and oxygen atoms in total. The topological polar surface area (TPSA) is 52.7 Å². The second-order valence-electron chi connectivity index (χ2n) is 6.85. The van der Waals surface area contributed by atoms with E-state index in [1.165, 1.54) is 11.1 Å². The number of carbonyl (C=O) groups excluding carboxylic acids is 2. The fourth-order valence-electron chi connectivity index (χ4n) is 4.12. The van der Waals surface area contributed by atoms with Crippen LogP contribution < -0.4 is 5.32 Å². The number of hydrogen-bond donors (Lipinski definition) is 1. The molecule has 23 heavy (non-hydrogen) atoms. The summed E-state index contributed by atoms with van der Waals surface area (Å²) in [5.41, 5.74) is 2.95. The number of benzene rings is 1. The zero-order valence-electron chi connectivity index (χ0n) is 13.3. The fraction of sp³-hybridized carbons (Fsp3) is 0.556. The predicted octanol–water partition coefficient (Wildman–Crippen LogP) is 0.577. The fourth-order valence-corrected chi connectivity index (χ4v) is 4.12. The summed E-state index contributed by atoms with van der Waals surface area (Å²) in [7, 11) is 0. The molecule has 1 aromatic rings. The lowest BCUT2D eigenvalue weighted by Gasteiger charge is -2.38. The summed E-state index contributed by atoms with van der Waals surface area (Å²) in [5.74, 6) is 0.107. The Kier molecular flexibility index (Phi) is 3.81. The Bertz CT molecular complexity index is 597. The molecule has 1 aliphatic carbocycles. The third-order valence-corrected chi connectivity index (χ3v) is 5.47. The molecule has 2 fully saturated rings. The van der Waals surface area contributed by atoms with Crippen LogP contribution in [0.15, 0.2) is 24.3 Å². The number of amides is 2. The van der Waals surface area contributed by atoms with Gasteiger partial charge in [0, 0.05) is 38.6 Å². The van der Waals surface area contributed by atoms with Crippen molar-refractivity contribution < 1.29 is 9.59 Å². The van der Waals surface area contributed by atoms with E-state index in [0.29, 0.717) is 18.9 Å². The van der Waals surface area contributed by atoms with Gasteiger partial charge in [0.2, 0.25) is 11.8 Å². The van der Waals surface area contributed by atoms with E-state index in [4.69, 9.17) is 0 Å². The van der Waals surface area contributed by atoms with E-state index in [0.717, 1.165) is 39.0 Å². The summed E-state index contributed by atoms with van der Waals surface area (Å²) in [4.78, 5) is 28.2. The van der Waals surface area contributed by atoms with Crippen molar-refractivity contribution in [1.29, 1.82) is 0 Å². The van der Waals surface area contributed by atoms with Gasteiger partial charge in [-0.15, -0.1) is 0 Å². The van der Waals surface area contributed by atoms with E-state index in [2.05, 4.69) is 34.5 Å². The normalized spacial score (nSPS) is 25.5. The molecular formula is C18H23N3O2. The minimum absolute atomic E-state index is 0.00528. The van der Waals surface area contributed by atoms with Crippen molar-refractivity contribution in [2.24, 2.45) is 0 Å². The number of nitrogens with zero attached hydrogens (tertiary/aromatic N) is 2. The molecule has 122 valence electrons. The molecule has 1 aromatic carbocycles. The maximum atomic E-state index is 12.4. The number of fused-ring (bicyclic) bond motifs is 1. The lowest BCUT2D eigenvalue weighted by atomic mass is 10.1. The zero-order valence-corrected chi connectivity index (χ0v) is 13.3. The molecule has 0 radical (unpaired) electrons. The van der Waals surface area contributed by atoms with Crippen LogP contribution in [0.25, 0.3) is 0 Å². The van der Waals surface area contributed by atoms with Crippen LogP contribution in [0.3, 0.4) is 0 Å². The number of rotatable bonds is 2. The van der Waals surface area contributed by atoms with Crippen molar-refractivity contribution >= 4 is 11.8 Å². The average Bonchev–Trinajstić information content (AvgIpc) is 3.20. The summed E-state index contributed by atoms with van der Waals surface area (Å²) < 4.78 is 0. The molecule has 0 bridgehead atoms. The van der Waals surface area contributed by atoms with Crippen molar-refractivity contribution in [1.82, 2.24) is 15.1 Å². The molecule has 2 aliphatic heterocycles. The van der Waals surface area contributed by atoms with Gasteiger partial charge >= 0.3 is 0 Å². The van der Waals surface area contributed by atoms with Gasteiger partial charge in [-0.1, -0.05) is 24.3 Å². The Balaban J connectivity index is 1.32. The Hall–Kier alpha value is -1.88. The van der Waals surface area contributed by atoms with Crippen LogP contribution in [0, 0.1) is 0 Å². The van der Waals surface area contributed by atoms with E-state index >= 15 is 0 Å². The number of hydrogen-bond acceptors (Lipinski definition) is 3. The first-order valence-corrected chi connectivity index (χ1v) is 8.60. The second-order valence-corrected chi connectivity index (χ2v) is 6.85. The summed E-state index contributed by atoms with van der Waals surface area (Å²) in [6.45, 7) is 3.42. The van der Waals surface area contributed by atoms with E-state index in [1.54, 1.807) is 0 Å². The van der Waals surface area contributed by atoms with Gasteiger partial charge in [0.1, 0.15) is 6.04 Å². The van der Waals surface area contributed by atoms with Crippen molar-refractivity contribution in [3.8, 4) is 0 Å². The largest absolute Gasteiger partial charge is 0.344 e. The predicted molar refractivity (Wildman–Crippen MR) is 87.0 cm³/mol. The highest BCUT2D eigenvalue weighted by Crippen LogP contribution is 2.26. The highest BCUT2D eigenvalue weighted by Gasteiger charge is 2.34. The molecule has 0 unspecified atom stereocenters. The van der Waals surface area contributed by atoms with Crippen LogP contribution in [0.5, 0.6) is 0 Å². The molecular weight excluding hydrogens is 290 g/mol. The van der Waals surface area contributed by atoms with Crippen molar-refractivity contribution in [3.63, 3.8) is 0 Å². The summed E-state index contributed by atoms with van der Waals surface area (Å²) in [6, 6.07) is 9.00. The van der Waals surface area contributed by atoms with Gasteiger partial charge < -0.3 is 10.2 Å². The highest BCUT2D eigenvalue weighted by molar-refractivity contribution is 5.90. The molecule has 3 aliphatic rings. The summed E-state index contributed by atoms with van der Waals surface area (Å²) in [5, 5.41) is 2.79. The van der Waals surface area contributed by atoms with Crippen molar-refractivity contribution in [3.05, 3.63) is 35.4 Å². The van der Waals surface area contributed by atoms with Crippen LogP contribution in [0.4, 0.5) is 0 Å². The van der Waals surface area contributed by atoms with E-state index in [1.807, 2.05) is 4.90 Å². The van der Waals surface area contributed by atoms with Gasteiger partial charge in [0.15, 0.2) is 0 Å². The van der Waals surface area contributed by atoms with Crippen LogP contribution in [0.2, 0.25) is 0 Å². The van der Waals surface area contributed by atoms with Gasteiger partial charge in [0.25, 0.3) is 0 Å². The minimum atomic E-state index is -0.287. The van der Waals surface area contributed by atoms with Gasteiger partial charge in [0.05, 0.1) is 0 Å². The van der Waals surface area contributed by atoms with Gasteiger partial charge in [-0.05, 0) is 30.4 Å². The summed E-state index contributed by atoms with van der Waals surface area (Å²) >= 11 is 0. The Morgan fingerprint density at radius 1 is 1.04 bits per heavy atom. The quantitative estimate of drug-likeness (QED) is 0.869. The monoisotopic (exact) mass is 313 g/mol. The standard InChI is InChI=1S/C18H23N3O2/c22-17-6-5-16(19-17)18(23)21-9-7-20(8-10-21)15-11-13-3-1-2-4-14(13)12-15/h1-4,15-16H,5-12H2,(H,19,22)/t16-/m1/s1.